The van der Waals surface area contributed by atoms with E-state index in [1.54, 1.807) is 12.3 Å². The Morgan fingerprint density at radius 3 is 2.84 bits per heavy atom. The molecule has 0 aromatic carbocycles. The number of β-amino-alcohol motifs (C(OH)–C–C–N with tert-alkyl or cyclic N) is 1. The standard InChI is InChI=1S/C13H18FN3O2/c14-10-7-15-2-1-11(10)17-8-12(13(18)9-17)16-3-5-19-6-4-16/h1-2,7,12-13,18H,3-6,8-9H2/t12-,13-/m0/s1. The van der Waals surface area contributed by atoms with Gasteiger partial charge in [-0.3, -0.25) is 9.88 Å². The van der Waals surface area contributed by atoms with E-state index in [1.165, 1.54) is 6.20 Å². The Morgan fingerprint density at radius 1 is 1.32 bits per heavy atom. The van der Waals surface area contributed by atoms with E-state index >= 15 is 0 Å². The van der Waals surface area contributed by atoms with E-state index in [1.807, 2.05) is 4.90 Å². The van der Waals surface area contributed by atoms with Crippen molar-refractivity contribution in [2.75, 3.05) is 44.3 Å². The lowest BCUT2D eigenvalue weighted by Gasteiger charge is -2.33. The third kappa shape index (κ3) is 2.56. The second kappa shape index (κ2) is 5.40. The van der Waals surface area contributed by atoms with Gasteiger partial charge in [-0.05, 0) is 6.07 Å². The molecule has 2 atom stereocenters. The molecule has 5 nitrogen and oxygen atoms in total. The van der Waals surface area contributed by atoms with Gasteiger partial charge in [0.05, 0.1) is 37.2 Å². The van der Waals surface area contributed by atoms with Crippen LogP contribution in [0.5, 0.6) is 0 Å². The Labute approximate surface area is 111 Å². The van der Waals surface area contributed by atoms with Crippen LogP contribution < -0.4 is 4.90 Å². The maximum absolute atomic E-state index is 13.7. The van der Waals surface area contributed by atoms with Gasteiger partial charge in [-0.1, -0.05) is 0 Å². The second-order valence-corrected chi connectivity index (χ2v) is 5.02. The maximum atomic E-state index is 13.7. The monoisotopic (exact) mass is 267 g/mol. The normalized spacial score (nSPS) is 28.8. The van der Waals surface area contributed by atoms with Crippen LogP contribution in [0.3, 0.4) is 0 Å². The molecule has 3 rings (SSSR count). The summed E-state index contributed by atoms with van der Waals surface area (Å²) in [5.41, 5.74) is 0.518. The van der Waals surface area contributed by atoms with E-state index in [0.717, 1.165) is 13.1 Å². The number of aromatic nitrogens is 1. The molecule has 0 radical (unpaired) electrons. The molecule has 1 aromatic rings. The first-order valence-electron chi connectivity index (χ1n) is 6.60. The molecule has 2 saturated heterocycles. The molecule has 0 bridgehead atoms. The van der Waals surface area contributed by atoms with Crippen LogP contribution in [-0.2, 0) is 4.74 Å². The molecule has 19 heavy (non-hydrogen) atoms. The van der Waals surface area contributed by atoms with Gasteiger partial charge in [0.25, 0.3) is 0 Å². The van der Waals surface area contributed by atoms with Crippen LogP contribution in [0.15, 0.2) is 18.5 Å². The van der Waals surface area contributed by atoms with Gasteiger partial charge in [0.2, 0.25) is 0 Å². The Kier molecular flexibility index (Phi) is 3.63. The molecule has 1 aromatic heterocycles. The number of nitrogens with zero attached hydrogens (tertiary/aromatic N) is 3. The van der Waals surface area contributed by atoms with Crippen molar-refractivity contribution in [1.29, 1.82) is 0 Å². The van der Waals surface area contributed by atoms with Crippen molar-refractivity contribution in [3.8, 4) is 0 Å². The van der Waals surface area contributed by atoms with Gasteiger partial charge in [-0.25, -0.2) is 4.39 Å². The molecular formula is C13H18FN3O2. The zero-order valence-electron chi connectivity index (χ0n) is 10.7. The molecule has 2 aliphatic rings. The summed E-state index contributed by atoms with van der Waals surface area (Å²) >= 11 is 0. The molecule has 104 valence electrons. The fourth-order valence-corrected chi connectivity index (χ4v) is 2.86. The molecule has 0 aliphatic carbocycles. The first kappa shape index (κ1) is 12.8. The van der Waals surface area contributed by atoms with Crippen molar-refractivity contribution in [1.82, 2.24) is 9.88 Å². The third-order valence-electron chi connectivity index (χ3n) is 3.87. The summed E-state index contributed by atoms with van der Waals surface area (Å²) in [7, 11) is 0. The van der Waals surface area contributed by atoms with E-state index in [-0.39, 0.29) is 11.9 Å². The molecular weight excluding hydrogens is 249 g/mol. The van der Waals surface area contributed by atoms with E-state index in [2.05, 4.69) is 9.88 Å². The summed E-state index contributed by atoms with van der Waals surface area (Å²) < 4.78 is 19.0. The SMILES string of the molecule is O[C@H]1CN(c2ccncc2F)C[C@@H]1N1CCOCC1. The number of aliphatic hydroxyl groups is 1. The molecule has 0 spiro atoms. The van der Waals surface area contributed by atoms with Crippen molar-refractivity contribution in [2.24, 2.45) is 0 Å². The molecule has 6 heteroatoms. The highest BCUT2D eigenvalue weighted by molar-refractivity contribution is 5.48. The van der Waals surface area contributed by atoms with Crippen LogP contribution in [0.2, 0.25) is 0 Å². The minimum Gasteiger partial charge on any atom is -0.390 e. The van der Waals surface area contributed by atoms with Gasteiger partial charge < -0.3 is 14.7 Å². The maximum Gasteiger partial charge on any atom is 0.164 e. The minimum atomic E-state index is -0.453. The highest BCUT2D eigenvalue weighted by Gasteiger charge is 2.36. The Morgan fingerprint density at radius 2 is 2.11 bits per heavy atom. The van der Waals surface area contributed by atoms with Crippen molar-refractivity contribution in [3.63, 3.8) is 0 Å². The molecule has 2 aliphatic heterocycles. The zero-order valence-corrected chi connectivity index (χ0v) is 10.7. The minimum absolute atomic E-state index is 0.0523. The lowest BCUT2D eigenvalue weighted by molar-refractivity contribution is -0.00588. The summed E-state index contributed by atoms with van der Waals surface area (Å²) in [6, 6.07) is 1.71. The fourth-order valence-electron chi connectivity index (χ4n) is 2.86. The van der Waals surface area contributed by atoms with E-state index in [0.29, 0.717) is 32.0 Å². The van der Waals surface area contributed by atoms with Crippen molar-refractivity contribution < 1.29 is 14.2 Å². The van der Waals surface area contributed by atoms with Crippen molar-refractivity contribution in [2.45, 2.75) is 12.1 Å². The number of ether oxygens (including phenoxy) is 1. The average Bonchev–Trinajstić information content (AvgIpc) is 2.82. The van der Waals surface area contributed by atoms with Gasteiger partial charge in [0.1, 0.15) is 0 Å². The van der Waals surface area contributed by atoms with Gasteiger partial charge in [-0.2, -0.15) is 0 Å². The third-order valence-corrected chi connectivity index (χ3v) is 3.87. The largest absolute Gasteiger partial charge is 0.390 e. The second-order valence-electron chi connectivity index (χ2n) is 5.02. The number of hydrogen-bond acceptors (Lipinski definition) is 5. The van der Waals surface area contributed by atoms with E-state index in [9.17, 15) is 9.50 Å². The van der Waals surface area contributed by atoms with E-state index in [4.69, 9.17) is 4.74 Å². The van der Waals surface area contributed by atoms with Crippen molar-refractivity contribution in [3.05, 3.63) is 24.3 Å². The number of halogens is 1. The van der Waals surface area contributed by atoms with Crippen LogP contribution in [-0.4, -0.2) is 66.5 Å². The van der Waals surface area contributed by atoms with E-state index < -0.39 is 6.10 Å². The van der Waals surface area contributed by atoms with Gasteiger partial charge in [0, 0.05) is 32.4 Å². The van der Waals surface area contributed by atoms with Crippen LogP contribution >= 0.6 is 0 Å². The summed E-state index contributed by atoms with van der Waals surface area (Å²) in [5, 5.41) is 10.2. The number of pyridine rings is 1. The average molecular weight is 267 g/mol. The number of rotatable bonds is 2. The predicted molar refractivity (Wildman–Crippen MR) is 68.6 cm³/mol. The summed E-state index contributed by atoms with van der Waals surface area (Å²) in [6.07, 6.45) is 2.34. The molecule has 1 N–H and O–H groups in total. The van der Waals surface area contributed by atoms with Crippen LogP contribution in [0.25, 0.3) is 0 Å². The first-order valence-corrected chi connectivity index (χ1v) is 6.60. The number of anilines is 1. The Bertz CT molecular complexity index is 440. The molecule has 3 heterocycles. The van der Waals surface area contributed by atoms with Gasteiger partial charge in [0.15, 0.2) is 5.82 Å². The predicted octanol–water partition coefficient (Wildman–Crippen LogP) is 0.102. The molecule has 2 fully saturated rings. The molecule has 0 saturated carbocycles. The topological polar surface area (TPSA) is 48.8 Å². The van der Waals surface area contributed by atoms with Gasteiger partial charge >= 0.3 is 0 Å². The smallest absolute Gasteiger partial charge is 0.164 e. The fraction of sp³-hybridized carbons (Fsp3) is 0.615. The summed E-state index contributed by atoms with van der Waals surface area (Å²) in [5.74, 6) is -0.336. The number of hydrogen-bond donors (Lipinski definition) is 1. The van der Waals surface area contributed by atoms with Crippen LogP contribution in [0.4, 0.5) is 10.1 Å². The Hall–Kier alpha value is -1.24. The summed E-state index contributed by atoms with van der Waals surface area (Å²) in [6.45, 7) is 4.16. The lowest BCUT2D eigenvalue weighted by Crippen LogP contribution is -2.48. The summed E-state index contributed by atoms with van der Waals surface area (Å²) in [4.78, 5) is 7.87. The number of aliphatic hydroxyl groups excluding tert-OH is 1. The number of morpholine rings is 1. The molecule has 0 unspecified atom stereocenters. The highest BCUT2D eigenvalue weighted by Crippen LogP contribution is 2.25. The van der Waals surface area contributed by atoms with Crippen LogP contribution in [0, 0.1) is 5.82 Å². The molecule has 0 amide bonds. The van der Waals surface area contributed by atoms with Crippen molar-refractivity contribution >= 4 is 5.69 Å². The quantitative estimate of drug-likeness (QED) is 0.824. The van der Waals surface area contributed by atoms with Gasteiger partial charge in [-0.15, -0.1) is 0 Å². The highest BCUT2D eigenvalue weighted by atomic mass is 19.1. The Balaban J connectivity index is 1.72. The van der Waals surface area contributed by atoms with Crippen LogP contribution in [0.1, 0.15) is 0 Å². The lowest BCUT2D eigenvalue weighted by atomic mass is 10.1. The first-order chi connectivity index (χ1) is 9.25. The zero-order chi connectivity index (χ0) is 13.2.